The molecule has 0 radical (unpaired) electrons. The van der Waals surface area contributed by atoms with Crippen LogP contribution in [0.4, 0.5) is 0 Å². The van der Waals surface area contributed by atoms with Crippen molar-refractivity contribution in [3.05, 3.63) is 65.7 Å². The zero-order chi connectivity index (χ0) is 20.4. The average Bonchev–Trinajstić information content (AvgIpc) is 3.22. The summed E-state index contributed by atoms with van der Waals surface area (Å²) < 4.78 is 11.4. The Hall–Kier alpha value is -1.84. The molecular weight excluding hydrogens is 493 g/mol. The molecule has 3 rings (SSSR count). The third-order valence-electron chi connectivity index (χ3n) is 5.28. The molecule has 3 N–H and O–H groups in total. The molecule has 1 atom stereocenters. The van der Waals surface area contributed by atoms with Crippen LogP contribution in [0, 0.1) is 5.41 Å². The van der Waals surface area contributed by atoms with Crippen LogP contribution in [0.15, 0.2) is 59.6 Å². The van der Waals surface area contributed by atoms with E-state index >= 15 is 0 Å². The number of benzene rings is 2. The van der Waals surface area contributed by atoms with Crippen LogP contribution in [-0.4, -0.2) is 44.5 Å². The minimum absolute atomic E-state index is 0. The van der Waals surface area contributed by atoms with Crippen molar-refractivity contribution in [1.29, 1.82) is 0 Å². The topological polar surface area (TPSA) is 75.1 Å². The number of guanidine groups is 1. The van der Waals surface area contributed by atoms with Crippen LogP contribution < -0.4 is 15.4 Å². The maximum atomic E-state index is 9.37. The Bertz CT molecular complexity index is 780. The van der Waals surface area contributed by atoms with Gasteiger partial charge in [0.05, 0.1) is 6.61 Å². The predicted octanol–water partition coefficient (Wildman–Crippen LogP) is 3.34. The molecule has 30 heavy (non-hydrogen) atoms. The normalized spacial score (nSPS) is 18.5. The van der Waals surface area contributed by atoms with Gasteiger partial charge in [0.25, 0.3) is 0 Å². The highest BCUT2D eigenvalue weighted by Gasteiger charge is 2.34. The van der Waals surface area contributed by atoms with Crippen molar-refractivity contribution in [2.75, 3.05) is 33.4 Å². The first-order valence-electron chi connectivity index (χ1n) is 10.1. The summed E-state index contributed by atoms with van der Waals surface area (Å²) in [5, 5.41) is 16.1. The average molecular weight is 525 g/mol. The van der Waals surface area contributed by atoms with E-state index in [-0.39, 0.29) is 36.0 Å². The minimum Gasteiger partial charge on any atom is -0.489 e. The zero-order valence-electron chi connectivity index (χ0n) is 17.5. The molecule has 7 heteroatoms. The lowest BCUT2D eigenvalue weighted by atomic mass is 9.84. The predicted molar refractivity (Wildman–Crippen MR) is 130 cm³/mol. The number of hydrogen-bond acceptors (Lipinski definition) is 4. The number of aliphatic hydroxyl groups is 1. The third kappa shape index (κ3) is 7.45. The summed E-state index contributed by atoms with van der Waals surface area (Å²) >= 11 is 0. The first-order chi connectivity index (χ1) is 14.2. The maximum Gasteiger partial charge on any atom is 0.191 e. The van der Waals surface area contributed by atoms with E-state index in [0.717, 1.165) is 48.8 Å². The van der Waals surface area contributed by atoms with Crippen LogP contribution in [0.5, 0.6) is 5.75 Å². The van der Waals surface area contributed by atoms with E-state index in [9.17, 15) is 5.11 Å². The molecule has 0 bridgehead atoms. The van der Waals surface area contributed by atoms with Gasteiger partial charge >= 0.3 is 0 Å². The Morgan fingerprint density at radius 3 is 2.63 bits per heavy atom. The van der Waals surface area contributed by atoms with Gasteiger partial charge in [0, 0.05) is 38.8 Å². The van der Waals surface area contributed by atoms with Crippen LogP contribution in [0.3, 0.4) is 0 Å². The van der Waals surface area contributed by atoms with Gasteiger partial charge in [-0.25, -0.2) is 0 Å². The zero-order valence-corrected chi connectivity index (χ0v) is 19.8. The number of halogens is 1. The molecule has 1 aliphatic rings. The summed E-state index contributed by atoms with van der Waals surface area (Å²) in [6.45, 7) is 3.55. The molecule has 1 fully saturated rings. The summed E-state index contributed by atoms with van der Waals surface area (Å²) in [6.07, 6.45) is 1.70. The second-order valence-corrected chi connectivity index (χ2v) is 7.48. The van der Waals surface area contributed by atoms with Gasteiger partial charge in [-0.3, -0.25) is 4.99 Å². The van der Waals surface area contributed by atoms with Crippen molar-refractivity contribution in [2.45, 2.75) is 26.0 Å². The number of ether oxygens (including phenoxy) is 2. The van der Waals surface area contributed by atoms with E-state index in [1.165, 1.54) is 0 Å². The SMILES string of the molecule is CN=C(NCc1cccc(COc2ccccc2)c1)NCC1(CCO)CCOC1.I. The lowest BCUT2D eigenvalue weighted by Gasteiger charge is -2.27. The summed E-state index contributed by atoms with van der Waals surface area (Å²) in [5.74, 6) is 1.62. The summed E-state index contributed by atoms with van der Waals surface area (Å²) in [5.41, 5.74) is 2.28. The largest absolute Gasteiger partial charge is 0.489 e. The molecule has 2 aromatic rings. The lowest BCUT2D eigenvalue weighted by molar-refractivity contribution is 0.127. The number of nitrogens with one attached hydrogen (secondary N) is 2. The quantitative estimate of drug-likeness (QED) is 0.266. The van der Waals surface area contributed by atoms with Gasteiger partial charge in [-0.1, -0.05) is 42.5 Å². The second kappa shape index (κ2) is 12.8. The standard InChI is InChI=1S/C23H31N3O3.HI/c1-24-22(26-17-23(10-12-27)11-13-28-18-23)25-15-19-6-5-7-20(14-19)16-29-21-8-3-2-4-9-21;/h2-9,14,27H,10-13,15-18H2,1H3,(H2,24,25,26);1H. The van der Waals surface area contributed by atoms with Gasteiger partial charge in [-0.05, 0) is 36.1 Å². The van der Waals surface area contributed by atoms with Crippen molar-refractivity contribution in [1.82, 2.24) is 10.6 Å². The Kier molecular flexibility index (Phi) is 10.4. The summed E-state index contributed by atoms with van der Waals surface area (Å²) in [7, 11) is 1.77. The van der Waals surface area contributed by atoms with E-state index in [1.807, 2.05) is 36.4 Å². The van der Waals surface area contributed by atoms with E-state index < -0.39 is 0 Å². The molecule has 2 aromatic carbocycles. The van der Waals surface area contributed by atoms with Crippen molar-refractivity contribution in [3.8, 4) is 5.75 Å². The number of rotatable bonds is 9. The number of para-hydroxylation sites is 1. The van der Waals surface area contributed by atoms with Crippen molar-refractivity contribution >= 4 is 29.9 Å². The monoisotopic (exact) mass is 525 g/mol. The highest BCUT2D eigenvalue weighted by molar-refractivity contribution is 14.0. The van der Waals surface area contributed by atoms with Crippen LogP contribution >= 0.6 is 24.0 Å². The molecule has 1 heterocycles. The lowest BCUT2D eigenvalue weighted by Crippen LogP contribution is -2.44. The molecular formula is C23H32IN3O3. The smallest absolute Gasteiger partial charge is 0.191 e. The molecule has 1 aliphatic heterocycles. The van der Waals surface area contributed by atoms with Crippen LogP contribution in [0.2, 0.25) is 0 Å². The van der Waals surface area contributed by atoms with Gasteiger partial charge in [-0.2, -0.15) is 0 Å². The molecule has 164 valence electrons. The van der Waals surface area contributed by atoms with E-state index in [2.05, 4.69) is 33.8 Å². The number of hydrogen-bond donors (Lipinski definition) is 3. The second-order valence-electron chi connectivity index (χ2n) is 7.48. The molecule has 0 aromatic heterocycles. The Morgan fingerprint density at radius 1 is 1.13 bits per heavy atom. The molecule has 6 nitrogen and oxygen atoms in total. The Morgan fingerprint density at radius 2 is 1.93 bits per heavy atom. The highest BCUT2D eigenvalue weighted by Crippen LogP contribution is 2.31. The van der Waals surface area contributed by atoms with Crippen molar-refractivity contribution in [3.63, 3.8) is 0 Å². The molecule has 0 aliphatic carbocycles. The van der Waals surface area contributed by atoms with Crippen LogP contribution in [-0.2, 0) is 17.9 Å². The summed E-state index contributed by atoms with van der Waals surface area (Å²) in [4.78, 5) is 4.32. The summed E-state index contributed by atoms with van der Waals surface area (Å²) in [6, 6.07) is 18.2. The molecule has 1 saturated heterocycles. The van der Waals surface area contributed by atoms with Crippen LogP contribution in [0.25, 0.3) is 0 Å². The minimum atomic E-state index is -0.0128. The van der Waals surface area contributed by atoms with Crippen LogP contribution in [0.1, 0.15) is 24.0 Å². The number of aliphatic imine (C=N–C) groups is 1. The molecule has 0 spiro atoms. The van der Waals surface area contributed by atoms with Gasteiger partial charge < -0.3 is 25.2 Å². The maximum absolute atomic E-state index is 9.37. The molecule has 1 unspecified atom stereocenters. The first-order valence-corrected chi connectivity index (χ1v) is 10.1. The van der Waals surface area contributed by atoms with Gasteiger partial charge in [-0.15, -0.1) is 24.0 Å². The fourth-order valence-electron chi connectivity index (χ4n) is 3.50. The first kappa shape index (κ1) is 24.4. The van der Waals surface area contributed by atoms with Gasteiger partial charge in [0.2, 0.25) is 0 Å². The Balaban J connectivity index is 0.00000320. The van der Waals surface area contributed by atoms with E-state index in [0.29, 0.717) is 19.8 Å². The van der Waals surface area contributed by atoms with Gasteiger partial charge in [0.1, 0.15) is 12.4 Å². The highest BCUT2D eigenvalue weighted by atomic mass is 127. The van der Waals surface area contributed by atoms with Gasteiger partial charge in [0.15, 0.2) is 5.96 Å². The molecule has 0 amide bonds. The van der Waals surface area contributed by atoms with E-state index in [4.69, 9.17) is 9.47 Å². The van der Waals surface area contributed by atoms with Crippen molar-refractivity contribution in [2.24, 2.45) is 10.4 Å². The van der Waals surface area contributed by atoms with E-state index in [1.54, 1.807) is 7.05 Å². The number of aliphatic hydroxyl groups excluding tert-OH is 1. The third-order valence-corrected chi connectivity index (χ3v) is 5.28. The fraction of sp³-hybridized carbons (Fsp3) is 0.435. The Labute approximate surface area is 196 Å². The number of nitrogens with zero attached hydrogens (tertiary/aromatic N) is 1. The fourth-order valence-corrected chi connectivity index (χ4v) is 3.50. The molecule has 0 saturated carbocycles. The van der Waals surface area contributed by atoms with Crippen molar-refractivity contribution < 1.29 is 14.6 Å².